The predicted molar refractivity (Wildman–Crippen MR) is 65.1 cm³/mol. The van der Waals surface area contributed by atoms with Crippen molar-refractivity contribution in [2.24, 2.45) is 0 Å². The molecule has 0 radical (unpaired) electrons. The van der Waals surface area contributed by atoms with Gasteiger partial charge in [-0.15, -0.1) is 0 Å². The number of halogens is 1. The molecule has 0 saturated carbocycles. The summed E-state index contributed by atoms with van der Waals surface area (Å²) >= 11 is 6.00. The van der Waals surface area contributed by atoms with Gasteiger partial charge in [0.2, 0.25) is 5.91 Å². The van der Waals surface area contributed by atoms with Crippen molar-refractivity contribution in [3.63, 3.8) is 0 Å². The molecule has 4 nitrogen and oxygen atoms in total. The number of hydrogen-bond acceptors (Lipinski definition) is 2. The van der Waals surface area contributed by atoms with E-state index in [0.717, 1.165) is 16.8 Å². The molecule has 0 bridgehead atoms. The number of nitrogens with one attached hydrogen (secondary N) is 2. The summed E-state index contributed by atoms with van der Waals surface area (Å²) in [6, 6.07) is 5.51. The lowest BCUT2D eigenvalue weighted by Gasteiger charge is -2.24. The molecule has 0 saturated heterocycles. The molecule has 1 amide bonds. The van der Waals surface area contributed by atoms with Crippen molar-refractivity contribution in [1.29, 1.82) is 0 Å². The van der Waals surface area contributed by atoms with Gasteiger partial charge >= 0.3 is 0 Å². The molecule has 2 aromatic rings. The fourth-order valence-corrected chi connectivity index (χ4v) is 2.36. The molecule has 3 rings (SSSR count). The van der Waals surface area contributed by atoms with Gasteiger partial charge in [0.15, 0.2) is 0 Å². The van der Waals surface area contributed by atoms with Gasteiger partial charge in [0.1, 0.15) is 0 Å². The van der Waals surface area contributed by atoms with Crippen LogP contribution in [0.4, 0.5) is 5.69 Å². The van der Waals surface area contributed by atoms with E-state index in [1.807, 2.05) is 18.3 Å². The van der Waals surface area contributed by atoms with Gasteiger partial charge in [0.05, 0.1) is 6.20 Å². The number of aromatic nitrogens is 2. The first-order valence-corrected chi connectivity index (χ1v) is 5.70. The van der Waals surface area contributed by atoms with Crippen LogP contribution in [-0.4, -0.2) is 16.1 Å². The number of hydrogen-bond donors (Lipinski definition) is 2. The van der Waals surface area contributed by atoms with E-state index in [4.69, 9.17) is 11.6 Å². The minimum atomic E-state index is 0.0195. The van der Waals surface area contributed by atoms with Crippen molar-refractivity contribution >= 4 is 23.2 Å². The summed E-state index contributed by atoms with van der Waals surface area (Å²) in [6.07, 6.45) is 3.98. The van der Waals surface area contributed by atoms with Crippen LogP contribution in [0.15, 0.2) is 30.6 Å². The van der Waals surface area contributed by atoms with E-state index in [9.17, 15) is 4.79 Å². The molecule has 0 spiro atoms. The van der Waals surface area contributed by atoms with Crippen molar-refractivity contribution in [2.45, 2.75) is 12.3 Å². The number of amides is 1. The van der Waals surface area contributed by atoms with Gasteiger partial charge in [-0.05, 0) is 29.3 Å². The standard InChI is InChI=1S/C12H10ClN3O/c13-8-1-2-11-10(3-8)9(4-12(17)16-11)7-5-14-15-6-7/h1-3,5-6,9H,4H2,(H,14,15)(H,16,17). The highest BCUT2D eigenvalue weighted by atomic mass is 35.5. The minimum Gasteiger partial charge on any atom is -0.326 e. The largest absolute Gasteiger partial charge is 0.326 e. The summed E-state index contributed by atoms with van der Waals surface area (Å²) in [5.41, 5.74) is 2.87. The van der Waals surface area contributed by atoms with E-state index in [0.29, 0.717) is 11.4 Å². The van der Waals surface area contributed by atoms with Crippen molar-refractivity contribution in [3.8, 4) is 0 Å². The normalized spacial score (nSPS) is 18.6. The molecule has 1 atom stereocenters. The quantitative estimate of drug-likeness (QED) is 0.814. The fraction of sp³-hybridized carbons (Fsp3) is 0.167. The number of carbonyl (C=O) groups is 1. The highest BCUT2D eigenvalue weighted by molar-refractivity contribution is 6.30. The molecular weight excluding hydrogens is 238 g/mol. The monoisotopic (exact) mass is 247 g/mol. The highest BCUT2D eigenvalue weighted by Gasteiger charge is 2.27. The van der Waals surface area contributed by atoms with Crippen molar-refractivity contribution < 1.29 is 4.79 Å². The molecule has 5 heteroatoms. The molecule has 1 aromatic carbocycles. The molecule has 0 aliphatic carbocycles. The molecule has 17 heavy (non-hydrogen) atoms. The molecule has 86 valence electrons. The second-order valence-corrected chi connectivity index (χ2v) is 4.50. The first-order valence-electron chi connectivity index (χ1n) is 5.32. The number of anilines is 1. The maximum atomic E-state index is 11.6. The molecular formula is C12H10ClN3O. The second-order valence-electron chi connectivity index (χ2n) is 4.07. The lowest BCUT2D eigenvalue weighted by atomic mass is 9.86. The molecule has 1 aliphatic heterocycles. The number of rotatable bonds is 1. The van der Waals surface area contributed by atoms with Gasteiger partial charge < -0.3 is 5.32 Å². The van der Waals surface area contributed by atoms with Crippen LogP contribution in [-0.2, 0) is 4.79 Å². The van der Waals surface area contributed by atoms with E-state index >= 15 is 0 Å². The van der Waals surface area contributed by atoms with Gasteiger partial charge in [0, 0.05) is 29.2 Å². The van der Waals surface area contributed by atoms with Gasteiger partial charge in [-0.2, -0.15) is 5.10 Å². The molecule has 0 fully saturated rings. The molecule has 2 heterocycles. The van der Waals surface area contributed by atoms with Crippen LogP contribution in [0, 0.1) is 0 Å². The minimum absolute atomic E-state index is 0.0195. The second kappa shape index (κ2) is 3.89. The van der Waals surface area contributed by atoms with Crippen molar-refractivity contribution in [1.82, 2.24) is 10.2 Å². The number of benzene rings is 1. The zero-order chi connectivity index (χ0) is 11.8. The number of aromatic amines is 1. The van der Waals surface area contributed by atoms with Crippen molar-refractivity contribution in [2.75, 3.05) is 5.32 Å². The zero-order valence-electron chi connectivity index (χ0n) is 8.90. The average molecular weight is 248 g/mol. The van der Waals surface area contributed by atoms with E-state index in [1.54, 1.807) is 12.3 Å². The number of carbonyl (C=O) groups excluding carboxylic acids is 1. The summed E-state index contributed by atoms with van der Waals surface area (Å²) in [6.45, 7) is 0. The highest BCUT2D eigenvalue weighted by Crippen LogP contribution is 2.37. The van der Waals surface area contributed by atoms with Crippen LogP contribution in [0.1, 0.15) is 23.5 Å². The predicted octanol–water partition coefficient (Wildman–Crippen LogP) is 2.54. The third-order valence-corrected chi connectivity index (χ3v) is 3.21. The van der Waals surface area contributed by atoms with Gasteiger partial charge in [-0.1, -0.05) is 11.6 Å². The lowest BCUT2D eigenvalue weighted by molar-refractivity contribution is -0.116. The van der Waals surface area contributed by atoms with E-state index in [-0.39, 0.29) is 11.8 Å². The molecule has 2 N–H and O–H groups in total. The van der Waals surface area contributed by atoms with Crippen LogP contribution in [0.2, 0.25) is 5.02 Å². The summed E-state index contributed by atoms with van der Waals surface area (Å²) in [4.78, 5) is 11.6. The third kappa shape index (κ3) is 1.80. The molecule has 1 aromatic heterocycles. The molecule has 1 unspecified atom stereocenters. The Labute approximate surface area is 103 Å². The van der Waals surface area contributed by atoms with Crippen LogP contribution < -0.4 is 5.32 Å². The topological polar surface area (TPSA) is 57.8 Å². The van der Waals surface area contributed by atoms with Crippen LogP contribution in [0.25, 0.3) is 0 Å². The maximum absolute atomic E-state index is 11.6. The number of H-pyrrole nitrogens is 1. The Kier molecular flexibility index (Phi) is 2.37. The molecule has 1 aliphatic rings. The Morgan fingerprint density at radius 1 is 1.41 bits per heavy atom. The summed E-state index contributed by atoms with van der Waals surface area (Å²) in [5.74, 6) is 0.0437. The average Bonchev–Trinajstić information content (AvgIpc) is 2.82. The van der Waals surface area contributed by atoms with E-state index in [1.165, 1.54) is 0 Å². The smallest absolute Gasteiger partial charge is 0.225 e. The number of nitrogens with zero attached hydrogens (tertiary/aromatic N) is 1. The Bertz CT molecular complexity index is 565. The van der Waals surface area contributed by atoms with Crippen LogP contribution in [0.5, 0.6) is 0 Å². The first kappa shape index (κ1) is 10.4. The fourth-order valence-electron chi connectivity index (χ4n) is 2.18. The first-order chi connectivity index (χ1) is 8.24. The third-order valence-electron chi connectivity index (χ3n) is 2.97. The Morgan fingerprint density at radius 3 is 3.06 bits per heavy atom. The van der Waals surface area contributed by atoms with Crippen molar-refractivity contribution in [3.05, 3.63) is 46.7 Å². The van der Waals surface area contributed by atoms with Crippen LogP contribution >= 0.6 is 11.6 Å². The summed E-state index contributed by atoms with van der Waals surface area (Å²) in [5, 5.41) is 10.2. The Balaban J connectivity index is 2.13. The van der Waals surface area contributed by atoms with Gasteiger partial charge in [-0.3, -0.25) is 9.89 Å². The summed E-state index contributed by atoms with van der Waals surface area (Å²) in [7, 11) is 0. The van der Waals surface area contributed by atoms with E-state index < -0.39 is 0 Å². The number of fused-ring (bicyclic) bond motifs is 1. The van der Waals surface area contributed by atoms with Gasteiger partial charge in [-0.25, -0.2) is 0 Å². The Morgan fingerprint density at radius 2 is 2.29 bits per heavy atom. The summed E-state index contributed by atoms with van der Waals surface area (Å²) < 4.78 is 0. The zero-order valence-corrected chi connectivity index (χ0v) is 9.66. The van der Waals surface area contributed by atoms with E-state index in [2.05, 4.69) is 15.5 Å². The van der Waals surface area contributed by atoms with Crippen LogP contribution in [0.3, 0.4) is 0 Å². The Hall–Kier alpha value is -1.81. The maximum Gasteiger partial charge on any atom is 0.225 e. The SMILES string of the molecule is O=C1CC(c2cn[nH]c2)c2cc(Cl)ccc2N1. The lowest BCUT2D eigenvalue weighted by Crippen LogP contribution is -2.23. The van der Waals surface area contributed by atoms with Gasteiger partial charge in [0.25, 0.3) is 0 Å².